The van der Waals surface area contributed by atoms with Gasteiger partial charge in [-0.05, 0) is 61.4 Å². The highest BCUT2D eigenvalue weighted by atomic mass is 16.4. The van der Waals surface area contributed by atoms with Gasteiger partial charge in [0.2, 0.25) is 5.91 Å². The number of carboxylic acids is 1. The Hall–Kier alpha value is -2.86. The van der Waals surface area contributed by atoms with Crippen molar-refractivity contribution in [2.24, 2.45) is 17.8 Å². The molecule has 1 amide bonds. The fourth-order valence-corrected chi connectivity index (χ4v) is 4.66. The van der Waals surface area contributed by atoms with Crippen molar-refractivity contribution in [1.29, 1.82) is 0 Å². The van der Waals surface area contributed by atoms with Crippen LogP contribution in [-0.4, -0.2) is 46.1 Å². The van der Waals surface area contributed by atoms with Gasteiger partial charge in [0.15, 0.2) is 0 Å². The predicted octanol–water partition coefficient (Wildman–Crippen LogP) is 3.86. The third kappa shape index (κ3) is 5.88. The molecule has 172 valence electrons. The summed E-state index contributed by atoms with van der Waals surface area (Å²) in [5, 5.41) is 22.0. The Morgan fingerprint density at radius 3 is 2.50 bits per heavy atom. The van der Waals surface area contributed by atoms with Crippen LogP contribution in [0.2, 0.25) is 0 Å². The molecular formula is C26H34N2O4. The highest BCUT2D eigenvalue weighted by Crippen LogP contribution is 2.40. The summed E-state index contributed by atoms with van der Waals surface area (Å²) in [5.74, 6) is -0.572. The van der Waals surface area contributed by atoms with Crippen molar-refractivity contribution in [3.63, 3.8) is 0 Å². The molecule has 1 aliphatic heterocycles. The minimum atomic E-state index is -1.05. The third-order valence-electron chi connectivity index (χ3n) is 6.75. The van der Waals surface area contributed by atoms with Crippen LogP contribution in [0.4, 0.5) is 0 Å². The summed E-state index contributed by atoms with van der Waals surface area (Å²) >= 11 is 0. The summed E-state index contributed by atoms with van der Waals surface area (Å²) in [7, 11) is 0. The Balaban J connectivity index is 1.87. The zero-order chi connectivity index (χ0) is 23.3. The number of nitrogens with one attached hydrogen (secondary N) is 1. The van der Waals surface area contributed by atoms with Gasteiger partial charge in [-0.25, -0.2) is 0 Å². The molecule has 3 N–H and O–H groups in total. The van der Waals surface area contributed by atoms with Crippen molar-refractivity contribution in [1.82, 2.24) is 10.2 Å². The van der Waals surface area contributed by atoms with Crippen molar-refractivity contribution in [3.8, 4) is 5.75 Å². The summed E-state index contributed by atoms with van der Waals surface area (Å²) < 4.78 is 0. The molecule has 1 saturated heterocycles. The molecule has 1 fully saturated rings. The van der Waals surface area contributed by atoms with E-state index in [9.17, 15) is 19.8 Å². The third-order valence-corrected chi connectivity index (χ3v) is 6.75. The molecule has 1 heterocycles. The van der Waals surface area contributed by atoms with Gasteiger partial charge in [-0.1, -0.05) is 56.3 Å². The minimum absolute atomic E-state index is 0.0776. The van der Waals surface area contributed by atoms with E-state index in [2.05, 4.69) is 24.1 Å². The van der Waals surface area contributed by atoms with E-state index in [1.807, 2.05) is 48.5 Å². The molecule has 0 spiro atoms. The van der Waals surface area contributed by atoms with E-state index >= 15 is 0 Å². The molecule has 6 nitrogen and oxygen atoms in total. The lowest BCUT2D eigenvalue weighted by molar-refractivity contribution is -0.142. The van der Waals surface area contributed by atoms with E-state index in [0.29, 0.717) is 24.8 Å². The number of carbonyl (C=O) groups excluding carboxylic acids is 1. The van der Waals surface area contributed by atoms with Crippen LogP contribution in [0.25, 0.3) is 0 Å². The van der Waals surface area contributed by atoms with E-state index < -0.39 is 12.0 Å². The average Bonchev–Trinajstić information content (AvgIpc) is 2.76. The van der Waals surface area contributed by atoms with E-state index in [-0.39, 0.29) is 23.6 Å². The lowest BCUT2D eigenvalue weighted by Gasteiger charge is -2.45. The topological polar surface area (TPSA) is 89.9 Å². The Kier molecular flexibility index (Phi) is 7.91. The van der Waals surface area contributed by atoms with Crippen LogP contribution in [0, 0.1) is 17.8 Å². The molecule has 32 heavy (non-hydrogen) atoms. The van der Waals surface area contributed by atoms with Gasteiger partial charge in [0.05, 0.1) is 5.92 Å². The van der Waals surface area contributed by atoms with Crippen molar-refractivity contribution in [2.45, 2.75) is 45.7 Å². The van der Waals surface area contributed by atoms with Gasteiger partial charge >= 0.3 is 5.97 Å². The largest absolute Gasteiger partial charge is 0.508 e. The van der Waals surface area contributed by atoms with Gasteiger partial charge in [-0.15, -0.1) is 0 Å². The Morgan fingerprint density at radius 1 is 1.12 bits per heavy atom. The number of benzene rings is 2. The number of piperidine rings is 1. The van der Waals surface area contributed by atoms with E-state index in [1.54, 1.807) is 6.07 Å². The Bertz CT molecular complexity index is 917. The van der Waals surface area contributed by atoms with Crippen LogP contribution in [0.5, 0.6) is 5.75 Å². The van der Waals surface area contributed by atoms with Gasteiger partial charge in [-0.3, -0.25) is 14.5 Å². The van der Waals surface area contributed by atoms with Crippen LogP contribution in [0.3, 0.4) is 0 Å². The normalized spacial score (nSPS) is 23.3. The van der Waals surface area contributed by atoms with Crippen molar-refractivity contribution >= 4 is 11.9 Å². The number of amides is 1. The van der Waals surface area contributed by atoms with Gasteiger partial charge in [0, 0.05) is 12.6 Å². The second-order valence-corrected chi connectivity index (χ2v) is 9.11. The number of likely N-dealkylation sites (tertiary alicyclic amines) is 1. The van der Waals surface area contributed by atoms with Crippen LogP contribution in [-0.2, 0) is 16.0 Å². The number of phenolic OH excluding ortho intramolecular Hbond substituents is 1. The van der Waals surface area contributed by atoms with Crippen LogP contribution < -0.4 is 5.32 Å². The molecule has 1 aliphatic rings. The fraction of sp³-hybridized carbons (Fsp3) is 0.462. The van der Waals surface area contributed by atoms with E-state index in [1.165, 1.54) is 6.92 Å². The first-order valence-corrected chi connectivity index (χ1v) is 11.4. The van der Waals surface area contributed by atoms with Gasteiger partial charge in [0.1, 0.15) is 11.8 Å². The number of phenols is 1. The van der Waals surface area contributed by atoms with Crippen LogP contribution >= 0.6 is 0 Å². The van der Waals surface area contributed by atoms with Crippen LogP contribution in [0.15, 0.2) is 54.6 Å². The average molecular weight is 439 g/mol. The summed E-state index contributed by atoms with van der Waals surface area (Å²) in [4.78, 5) is 26.8. The number of hydrogen-bond donors (Lipinski definition) is 3. The van der Waals surface area contributed by atoms with Crippen LogP contribution in [0.1, 0.15) is 44.4 Å². The molecule has 5 atom stereocenters. The number of carboxylic acid groups (broad SMARTS) is 1. The molecule has 0 radical (unpaired) electrons. The first-order valence-electron chi connectivity index (χ1n) is 11.4. The first kappa shape index (κ1) is 23.8. The SMILES string of the molecule is C[C@H](NC(=O)[C@@H](Cc1ccccc1)CN1CC[C@@H](C)[C@@H](C)C1c1cccc(O)c1)C(=O)O. The summed E-state index contributed by atoms with van der Waals surface area (Å²) in [5.41, 5.74) is 2.09. The second-order valence-electron chi connectivity index (χ2n) is 9.11. The van der Waals surface area contributed by atoms with E-state index in [4.69, 9.17) is 0 Å². The quantitative estimate of drug-likeness (QED) is 0.582. The minimum Gasteiger partial charge on any atom is -0.508 e. The van der Waals surface area contributed by atoms with Gasteiger partial charge in [0.25, 0.3) is 0 Å². The van der Waals surface area contributed by atoms with Gasteiger partial charge < -0.3 is 15.5 Å². The van der Waals surface area contributed by atoms with Crippen molar-refractivity contribution in [3.05, 3.63) is 65.7 Å². The highest BCUT2D eigenvalue weighted by molar-refractivity contribution is 5.85. The zero-order valence-electron chi connectivity index (χ0n) is 19.1. The molecule has 6 heteroatoms. The summed E-state index contributed by atoms with van der Waals surface area (Å²) in [6.07, 6.45) is 1.56. The molecule has 0 aliphatic carbocycles. The molecule has 3 rings (SSSR count). The lowest BCUT2D eigenvalue weighted by atomic mass is 9.78. The number of carbonyl (C=O) groups is 2. The summed E-state index contributed by atoms with van der Waals surface area (Å²) in [6, 6.07) is 16.3. The summed E-state index contributed by atoms with van der Waals surface area (Å²) in [6.45, 7) is 7.33. The molecular weight excluding hydrogens is 404 g/mol. The molecule has 0 bridgehead atoms. The maximum Gasteiger partial charge on any atom is 0.325 e. The maximum absolute atomic E-state index is 13.1. The number of rotatable bonds is 8. The van der Waals surface area contributed by atoms with E-state index in [0.717, 1.165) is 24.1 Å². The molecule has 2 aromatic carbocycles. The molecule has 0 aromatic heterocycles. The molecule has 0 saturated carbocycles. The first-order chi connectivity index (χ1) is 15.3. The van der Waals surface area contributed by atoms with Gasteiger partial charge in [-0.2, -0.15) is 0 Å². The maximum atomic E-state index is 13.1. The predicted molar refractivity (Wildman–Crippen MR) is 124 cm³/mol. The zero-order valence-corrected chi connectivity index (χ0v) is 19.1. The molecule has 1 unspecified atom stereocenters. The number of aromatic hydroxyl groups is 1. The highest BCUT2D eigenvalue weighted by Gasteiger charge is 2.36. The monoisotopic (exact) mass is 438 g/mol. The van der Waals surface area contributed by atoms with Crippen molar-refractivity contribution in [2.75, 3.05) is 13.1 Å². The smallest absolute Gasteiger partial charge is 0.325 e. The second kappa shape index (κ2) is 10.6. The lowest BCUT2D eigenvalue weighted by Crippen LogP contribution is -2.49. The standard InChI is InChI=1S/C26H34N2O4/c1-17-12-13-28(24(18(17)2)21-10-7-11-23(29)15-21)16-22(14-20-8-5-4-6-9-20)25(30)27-19(3)26(31)32/h4-11,15,17-19,22,24,29H,12-14,16H2,1-3H3,(H,27,30)(H,31,32)/t17-,18-,19+,22+,24?/m1/s1. The Morgan fingerprint density at radius 2 is 1.84 bits per heavy atom. The number of nitrogens with zero attached hydrogens (tertiary/aromatic N) is 1. The number of aliphatic carboxylic acids is 1. The fourth-order valence-electron chi connectivity index (χ4n) is 4.66. The van der Waals surface area contributed by atoms with Crippen molar-refractivity contribution < 1.29 is 19.8 Å². The number of hydrogen-bond acceptors (Lipinski definition) is 4. The Labute approximate surface area is 190 Å². The molecule has 2 aromatic rings.